The summed E-state index contributed by atoms with van der Waals surface area (Å²) in [6, 6.07) is 0. The molecule has 0 aromatic heterocycles. The molecule has 4 unspecified atom stereocenters. The molecular formula is C13H27ClN2O2. The predicted molar refractivity (Wildman–Crippen MR) is 75.2 cm³/mol. The maximum absolute atomic E-state index is 9.68. The molecule has 2 aliphatic rings. The van der Waals surface area contributed by atoms with E-state index in [0.29, 0.717) is 12.0 Å². The third-order valence-electron chi connectivity index (χ3n) is 4.07. The number of aliphatic hydroxyl groups is 1. The normalized spacial score (nSPS) is 36.3. The fraction of sp³-hybridized carbons (Fsp3) is 1.00. The molecule has 0 aromatic rings. The SMILES string of the molecule is CCC1CC(CNCC2CNCC2O)CCO1.Cl. The van der Waals surface area contributed by atoms with E-state index in [1.807, 2.05) is 0 Å². The summed E-state index contributed by atoms with van der Waals surface area (Å²) in [5.74, 6) is 1.14. The van der Waals surface area contributed by atoms with Gasteiger partial charge in [-0.1, -0.05) is 6.92 Å². The molecule has 18 heavy (non-hydrogen) atoms. The smallest absolute Gasteiger partial charge is 0.0716 e. The van der Waals surface area contributed by atoms with Crippen molar-refractivity contribution in [1.29, 1.82) is 0 Å². The summed E-state index contributed by atoms with van der Waals surface area (Å²) in [6.07, 6.45) is 3.79. The monoisotopic (exact) mass is 278 g/mol. The van der Waals surface area contributed by atoms with E-state index in [1.165, 1.54) is 12.8 Å². The Morgan fingerprint density at radius 1 is 1.33 bits per heavy atom. The molecule has 4 nitrogen and oxygen atoms in total. The van der Waals surface area contributed by atoms with Gasteiger partial charge in [-0.15, -0.1) is 12.4 Å². The Kier molecular flexibility index (Phi) is 7.49. The molecule has 0 saturated carbocycles. The van der Waals surface area contributed by atoms with Crippen LogP contribution in [-0.4, -0.2) is 50.1 Å². The summed E-state index contributed by atoms with van der Waals surface area (Å²) in [5.41, 5.74) is 0. The number of nitrogens with one attached hydrogen (secondary N) is 2. The Morgan fingerprint density at radius 2 is 2.17 bits per heavy atom. The molecule has 0 amide bonds. The van der Waals surface area contributed by atoms with Crippen LogP contribution in [0.3, 0.4) is 0 Å². The average molecular weight is 279 g/mol. The van der Waals surface area contributed by atoms with E-state index in [-0.39, 0.29) is 18.5 Å². The largest absolute Gasteiger partial charge is 0.391 e. The Balaban J connectivity index is 0.00000162. The van der Waals surface area contributed by atoms with Crippen molar-refractivity contribution in [3.8, 4) is 0 Å². The number of hydrogen-bond donors (Lipinski definition) is 3. The van der Waals surface area contributed by atoms with Gasteiger partial charge in [-0.25, -0.2) is 0 Å². The third kappa shape index (κ3) is 4.67. The molecule has 2 heterocycles. The van der Waals surface area contributed by atoms with Gasteiger partial charge in [0.2, 0.25) is 0 Å². The Bertz CT molecular complexity index is 231. The van der Waals surface area contributed by atoms with E-state index in [9.17, 15) is 5.11 Å². The average Bonchev–Trinajstić information content (AvgIpc) is 2.76. The van der Waals surface area contributed by atoms with Crippen molar-refractivity contribution >= 4 is 12.4 Å². The van der Waals surface area contributed by atoms with Crippen LogP contribution in [0.2, 0.25) is 0 Å². The van der Waals surface area contributed by atoms with E-state index in [2.05, 4.69) is 17.6 Å². The molecule has 3 N–H and O–H groups in total. The Morgan fingerprint density at radius 3 is 2.83 bits per heavy atom. The van der Waals surface area contributed by atoms with E-state index in [0.717, 1.165) is 45.1 Å². The second kappa shape index (κ2) is 8.33. The first-order valence-corrected chi connectivity index (χ1v) is 7.00. The number of hydrogen-bond acceptors (Lipinski definition) is 4. The second-order valence-electron chi connectivity index (χ2n) is 5.44. The first kappa shape index (κ1) is 16.2. The number of aliphatic hydroxyl groups excluding tert-OH is 1. The standard InChI is InChI=1S/C13H26N2O2.ClH/c1-2-12-5-10(3-4-17-12)6-14-7-11-8-15-9-13(11)16;/h10-16H,2-9H2,1H3;1H. The van der Waals surface area contributed by atoms with Crippen LogP contribution in [0.1, 0.15) is 26.2 Å². The highest BCUT2D eigenvalue weighted by atomic mass is 35.5. The lowest BCUT2D eigenvalue weighted by Gasteiger charge is -2.29. The van der Waals surface area contributed by atoms with Crippen molar-refractivity contribution in [3.05, 3.63) is 0 Å². The molecule has 4 atom stereocenters. The van der Waals surface area contributed by atoms with Gasteiger partial charge >= 0.3 is 0 Å². The topological polar surface area (TPSA) is 53.5 Å². The first-order chi connectivity index (χ1) is 8.29. The van der Waals surface area contributed by atoms with Crippen molar-refractivity contribution in [2.45, 2.75) is 38.4 Å². The minimum absolute atomic E-state index is 0. The highest BCUT2D eigenvalue weighted by molar-refractivity contribution is 5.85. The summed E-state index contributed by atoms with van der Waals surface area (Å²) in [4.78, 5) is 0. The quantitative estimate of drug-likeness (QED) is 0.696. The molecule has 0 aliphatic carbocycles. The lowest BCUT2D eigenvalue weighted by molar-refractivity contribution is -0.0103. The van der Waals surface area contributed by atoms with E-state index in [4.69, 9.17) is 4.74 Å². The highest BCUT2D eigenvalue weighted by Crippen LogP contribution is 2.21. The highest BCUT2D eigenvalue weighted by Gasteiger charge is 2.25. The van der Waals surface area contributed by atoms with Crippen LogP contribution in [-0.2, 0) is 4.74 Å². The van der Waals surface area contributed by atoms with Gasteiger partial charge < -0.3 is 20.5 Å². The van der Waals surface area contributed by atoms with Gasteiger partial charge in [0.1, 0.15) is 0 Å². The van der Waals surface area contributed by atoms with E-state index >= 15 is 0 Å². The van der Waals surface area contributed by atoms with Gasteiger partial charge in [0.15, 0.2) is 0 Å². The second-order valence-corrected chi connectivity index (χ2v) is 5.44. The van der Waals surface area contributed by atoms with Crippen LogP contribution in [0.4, 0.5) is 0 Å². The third-order valence-corrected chi connectivity index (χ3v) is 4.07. The molecule has 2 rings (SSSR count). The van der Waals surface area contributed by atoms with Gasteiger partial charge in [0.05, 0.1) is 12.2 Å². The number of β-amino-alcohol motifs (C(OH)–C–C–N with tert-alkyl or cyclic N) is 1. The summed E-state index contributed by atoms with van der Waals surface area (Å²) in [7, 11) is 0. The van der Waals surface area contributed by atoms with Crippen LogP contribution in [0.5, 0.6) is 0 Å². The zero-order chi connectivity index (χ0) is 12.1. The summed E-state index contributed by atoms with van der Waals surface area (Å²) >= 11 is 0. The van der Waals surface area contributed by atoms with Crippen LogP contribution >= 0.6 is 12.4 Å². The van der Waals surface area contributed by atoms with Crippen molar-refractivity contribution in [2.75, 3.05) is 32.8 Å². The Labute approximate surface area is 116 Å². The summed E-state index contributed by atoms with van der Waals surface area (Å²) in [6.45, 7) is 6.81. The minimum atomic E-state index is -0.166. The number of ether oxygens (including phenoxy) is 1. The van der Waals surface area contributed by atoms with Crippen LogP contribution in [0, 0.1) is 11.8 Å². The van der Waals surface area contributed by atoms with Gasteiger partial charge in [-0.2, -0.15) is 0 Å². The summed E-state index contributed by atoms with van der Waals surface area (Å²) < 4.78 is 5.68. The van der Waals surface area contributed by atoms with Crippen molar-refractivity contribution in [3.63, 3.8) is 0 Å². The van der Waals surface area contributed by atoms with Crippen LogP contribution < -0.4 is 10.6 Å². The van der Waals surface area contributed by atoms with Gasteiger partial charge in [-0.3, -0.25) is 0 Å². The van der Waals surface area contributed by atoms with Crippen LogP contribution in [0.25, 0.3) is 0 Å². The zero-order valence-corrected chi connectivity index (χ0v) is 12.0. The van der Waals surface area contributed by atoms with Gasteiger partial charge in [0, 0.05) is 32.2 Å². The van der Waals surface area contributed by atoms with Crippen molar-refractivity contribution < 1.29 is 9.84 Å². The zero-order valence-electron chi connectivity index (χ0n) is 11.2. The van der Waals surface area contributed by atoms with Gasteiger partial charge in [0.25, 0.3) is 0 Å². The molecule has 2 saturated heterocycles. The molecule has 2 aliphatic heterocycles. The van der Waals surface area contributed by atoms with E-state index < -0.39 is 0 Å². The molecule has 0 aromatic carbocycles. The molecule has 5 heteroatoms. The molecule has 0 spiro atoms. The number of halogens is 1. The predicted octanol–water partition coefficient (Wildman–Crippen LogP) is 0.783. The van der Waals surface area contributed by atoms with Crippen molar-refractivity contribution in [2.24, 2.45) is 11.8 Å². The number of rotatable bonds is 5. The fourth-order valence-corrected chi connectivity index (χ4v) is 2.83. The molecule has 108 valence electrons. The van der Waals surface area contributed by atoms with Crippen LogP contribution in [0.15, 0.2) is 0 Å². The Hall–Kier alpha value is 0.130. The first-order valence-electron chi connectivity index (χ1n) is 7.00. The molecule has 0 radical (unpaired) electrons. The molecular weight excluding hydrogens is 252 g/mol. The van der Waals surface area contributed by atoms with E-state index in [1.54, 1.807) is 0 Å². The lowest BCUT2D eigenvalue weighted by atomic mass is 9.94. The van der Waals surface area contributed by atoms with Gasteiger partial charge in [-0.05, 0) is 31.7 Å². The maximum Gasteiger partial charge on any atom is 0.0716 e. The molecule has 2 fully saturated rings. The molecule has 0 bridgehead atoms. The summed E-state index contributed by atoms with van der Waals surface area (Å²) in [5, 5.41) is 16.4. The lowest BCUT2D eigenvalue weighted by Crippen LogP contribution is -2.36. The fourth-order valence-electron chi connectivity index (χ4n) is 2.83. The maximum atomic E-state index is 9.68. The van der Waals surface area contributed by atoms with Crippen molar-refractivity contribution in [1.82, 2.24) is 10.6 Å². The minimum Gasteiger partial charge on any atom is -0.391 e.